The van der Waals surface area contributed by atoms with E-state index in [0.717, 1.165) is 0 Å². The van der Waals surface area contributed by atoms with E-state index in [0.29, 0.717) is 28.4 Å². The van der Waals surface area contributed by atoms with Crippen molar-refractivity contribution in [1.29, 1.82) is 0 Å². The number of rotatable bonds is 8. The molecule has 1 amide bonds. The Hall–Kier alpha value is -3.22. The molecule has 7 nitrogen and oxygen atoms in total. The number of carboxylic acid groups (broad SMARTS) is 1. The van der Waals surface area contributed by atoms with Crippen LogP contribution in [0.2, 0.25) is 0 Å². The summed E-state index contributed by atoms with van der Waals surface area (Å²) in [6.07, 6.45) is -0.0297. The van der Waals surface area contributed by atoms with Gasteiger partial charge in [0.05, 0.1) is 33.3 Å². The summed E-state index contributed by atoms with van der Waals surface area (Å²) in [5, 5.41) is 12.0. The molecule has 0 atom stereocenters. The van der Waals surface area contributed by atoms with Gasteiger partial charge in [-0.15, -0.1) is 0 Å². The molecular weight excluding hydrogens is 338 g/mol. The highest BCUT2D eigenvalue weighted by Gasteiger charge is 2.17. The molecule has 0 saturated heterocycles. The summed E-state index contributed by atoms with van der Waals surface area (Å²) in [6.45, 7) is 0.206. The van der Waals surface area contributed by atoms with Crippen molar-refractivity contribution in [3.63, 3.8) is 0 Å². The number of ether oxygens (including phenoxy) is 3. The van der Waals surface area contributed by atoms with Crippen LogP contribution in [0.25, 0.3) is 0 Å². The number of carbonyl (C=O) groups excluding carboxylic acids is 1. The highest BCUT2D eigenvalue weighted by atomic mass is 16.5. The molecule has 0 fully saturated rings. The minimum absolute atomic E-state index is 0.0297. The third-order valence-electron chi connectivity index (χ3n) is 3.86. The Morgan fingerprint density at radius 3 is 2.23 bits per heavy atom. The van der Waals surface area contributed by atoms with Gasteiger partial charge < -0.3 is 24.6 Å². The van der Waals surface area contributed by atoms with Crippen molar-refractivity contribution in [3.8, 4) is 17.2 Å². The molecule has 0 heterocycles. The second kappa shape index (κ2) is 8.75. The topological polar surface area (TPSA) is 94.1 Å². The second-order valence-electron chi connectivity index (χ2n) is 5.41. The standard InChI is InChI=1S/C19H21NO6/c1-24-15-9-8-13(17(25-2)18(15)26-3)11-20-16(21)10-12-6-4-5-7-14(12)19(22)23/h4-9H,10-11H2,1-3H3,(H,20,21)(H,22,23). The van der Waals surface area contributed by atoms with E-state index in [-0.39, 0.29) is 24.4 Å². The molecule has 7 heteroatoms. The van der Waals surface area contributed by atoms with Crippen molar-refractivity contribution >= 4 is 11.9 Å². The zero-order chi connectivity index (χ0) is 19.1. The molecule has 0 aliphatic heterocycles. The van der Waals surface area contributed by atoms with Crippen LogP contribution >= 0.6 is 0 Å². The van der Waals surface area contributed by atoms with Crippen LogP contribution in [0.4, 0.5) is 0 Å². The maximum absolute atomic E-state index is 12.2. The van der Waals surface area contributed by atoms with Crippen molar-refractivity contribution in [2.24, 2.45) is 0 Å². The molecule has 0 saturated carbocycles. The average Bonchev–Trinajstić information content (AvgIpc) is 2.65. The molecule has 0 aromatic heterocycles. The van der Waals surface area contributed by atoms with E-state index in [1.807, 2.05) is 0 Å². The number of carbonyl (C=O) groups is 2. The Kier molecular flexibility index (Phi) is 6.43. The molecule has 2 aromatic carbocycles. The second-order valence-corrected chi connectivity index (χ2v) is 5.41. The Morgan fingerprint density at radius 2 is 1.62 bits per heavy atom. The summed E-state index contributed by atoms with van der Waals surface area (Å²) in [5.74, 6) is 0.0800. The number of aromatic carboxylic acids is 1. The minimum atomic E-state index is -1.06. The van der Waals surface area contributed by atoms with Gasteiger partial charge in [-0.2, -0.15) is 0 Å². The fourth-order valence-corrected chi connectivity index (χ4v) is 2.61. The average molecular weight is 359 g/mol. The lowest BCUT2D eigenvalue weighted by Gasteiger charge is -2.16. The van der Waals surface area contributed by atoms with E-state index in [4.69, 9.17) is 14.2 Å². The number of benzene rings is 2. The smallest absolute Gasteiger partial charge is 0.335 e. The van der Waals surface area contributed by atoms with Gasteiger partial charge in [0.25, 0.3) is 0 Å². The van der Waals surface area contributed by atoms with Gasteiger partial charge >= 0.3 is 5.97 Å². The number of hydrogen-bond acceptors (Lipinski definition) is 5. The first kappa shape index (κ1) is 19.1. The molecule has 0 unspecified atom stereocenters. The number of carboxylic acids is 1. The van der Waals surface area contributed by atoms with Crippen LogP contribution in [0.15, 0.2) is 36.4 Å². The van der Waals surface area contributed by atoms with Crippen LogP contribution in [0.5, 0.6) is 17.2 Å². The monoisotopic (exact) mass is 359 g/mol. The van der Waals surface area contributed by atoms with E-state index < -0.39 is 5.97 Å². The fourth-order valence-electron chi connectivity index (χ4n) is 2.61. The maximum Gasteiger partial charge on any atom is 0.335 e. The first-order chi connectivity index (χ1) is 12.5. The molecular formula is C19H21NO6. The van der Waals surface area contributed by atoms with Gasteiger partial charge in [-0.1, -0.05) is 18.2 Å². The number of nitrogens with one attached hydrogen (secondary N) is 1. The molecule has 0 bridgehead atoms. The number of hydrogen-bond donors (Lipinski definition) is 2. The zero-order valence-corrected chi connectivity index (χ0v) is 14.9. The van der Waals surface area contributed by atoms with Crippen LogP contribution in [0.3, 0.4) is 0 Å². The lowest BCUT2D eigenvalue weighted by Crippen LogP contribution is -2.25. The van der Waals surface area contributed by atoms with E-state index in [1.54, 1.807) is 30.3 Å². The van der Waals surface area contributed by atoms with Gasteiger partial charge in [0.15, 0.2) is 11.5 Å². The normalized spacial score (nSPS) is 10.1. The Morgan fingerprint density at radius 1 is 0.923 bits per heavy atom. The van der Waals surface area contributed by atoms with E-state index in [2.05, 4.69) is 5.32 Å². The van der Waals surface area contributed by atoms with Gasteiger partial charge in [0, 0.05) is 12.1 Å². The van der Waals surface area contributed by atoms with E-state index in [9.17, 15) is 14.7 Å². The summed E-state index contributed by atoms with van der Waals surface area (Å²) >= 11 is 0. The molecule has 2 aromatic rings. The maximum atomic E-state index is 12.2. The van der Waals surface area contributed by atoms with Gasteiger partial charge in [0.1, 0.15) is 0 Å². The Labute approximate surface area is 151 Å². The van der Waals surface area contributed by atoms with Crippen LogP contribution < -0.4 is 19.5 Å². The van der Waals surface area contributed by atoms with E-state index in [1.165, 1.54) is 27.4 Å². The summed E-state index contributed by atoms with van der Waals surface area (Å²) in [4.78, 5) is 23.5. The van der Waals surface area contributed by atoms with Crippen LogP contribution in [0.1, 0.15) is 21.5 Å². The summed E-state index contributed by atoms with van der Waals surface area (Å²) in [5.41, 5.74) is 1.29. The Balaban J connectivity index is 2.12. The zero-order valence-electron chi connectivity index (χ0n) is 14.9. The van der Waals surface area contributed by atoms with Crippen molar-refractivity contribution in [2.75, 3.05) is 21.3 Å². The van der Waals surface area contributed by atoms with Gasteiger partial charge in [-0.25, -0.2) is 4.79 Å². The van der Waals surface area contributed by atoms with Crippen LogP contribution in [0, 0.1) is 0 Å². The van der Waals surface area contributed by atoms with Crippen LogP contribution in [-0.4, -0.2) is 38.3 Å². The molecule has 0 aliphatic carbocycles. The lowest BCUT2D eigenvalue weighted by atomic mass is 10.0. The predicted molar refractivity (Wildman–Crippen MR) is 95.1 cm³/mol. The molecule has 26 heavy (non-hydrogen) atoms. The molecule has 0 radical (unpaired) electrons. The van der Waals surface area contributed by atoms with Crippen molar-refractivity contribution in [2.45, 2.75) is 13.0 Å². The van der Waals surface area contributed by atoms with Crippen LogP contribution in [-0.2, 0) is 17.8 Å². The summed E-state index contributed by atoms with van der Waals surface area (Å²) < 4.78 is 15.9. The Bertz CT molecular complexity index is 803. The minimum Gasteiger partial charge on any atom is -0.493 e. The molecule has 2 rings (SSSR count). The quantitative estimate of drug-likeness (QED) is 0.751. The lowest BCUT2D eigenvalue weighted by molar-refractivity contribution is -0.120. The summed E-state index contributed by atoms with van der Waals surface area (Å²) in [7, 11) is 4.54. The van der Waals surface area contributed by atoms with Crippen molar-refractivity contribution < 1.29 is 28.9 Å². The number of amides is 1. The highest BCUT2D eigenvalue weighted by Crippen LogP contribution is 2.39. The first-order valence-electron chi connectivity index (χ1n) is 7.87. The van der Waals surface area contributed by atoms with E-state index >= 15 is 0 Å². The van der Waals surface area contributed by atoms with Crippen molar-refractivity contribution in [3.05, 3.63) is 53.1 Å². The first-order valence-corrected chi connectivity index (χ1v) is 7.87. The third kappa shape index (κ3) is 4.24. The largest absolute Gasteiger partial charge is 0.493 e. The molecule has 0 spiro atoms. The predicted octanol–water partition coefficient (Wildman–Crippen LogP) is 2.27. The third-order valence-corrected chi connectivity index (χ3v) is 3.86. The fraction of sp³-hybridized carbons (Fsp3) is 0.263. The van der Waals surface area contributed by atoms with Crippen molar-refractivity contribution in [1.82, 2.24) is 5.32 Å². The van der Waals surface area contributed by atoms with Gasteiger partial charge in [0.2, 0.25) is 11.7 Å². The summed E-state index contributed by atoms with van der Waals surface area (Å²) in [6, 6.07) is 9.92. The molecule has 138 valence electrons. The SMILES string of the molecule is COc1ccc(CNC(=O)Cc2ccccc2C(=O)O)c(OC)c1OC. The highest BCUT2D eigenvalue weighted by molar-refractivity contribution is 5.91. The molecule has 0 aliphatic rings. The molecule has 2 N–H and O–H groups in total. The number of methoxy groups -OCH3 is 3. The van der Waals surface area contributed by atoms with Gasteiger partial charge in [-0.3, -0.25) is 4.79 Å². The van der Waals surface area contributed by atoms with Gasteiger partial charge in [-0.05, 0) is 23.8 Å².